The van der Waals surface area contributed by atoms with E-state index in [9.17, 15) is 9.59 Å². The van der Waals surface area contributed by atoms with Crippen molar-refractivity contribution in [1.29, 1.82) is 0 Å². The quantitative estimate of drug-likeness (QED) is 0.702. The standard InChI is InChI=1S/C20H26Cl2N2O3/c21-15-5-6-16(17(22)13-15)20(7-11-27-12-8-20)19(26)24-10-9-23-18(25)14-3-1-2-4-14/h5-6,13-14H,1-4,7-12H2,(H,23,25)(H,24,26). The fourth-order valence-corrected chi connectivity index (χ4v) is 4.67. The highest BCUT2D eigenvalue weighted by molar-refractivity contribution is 6.35. The van der Waals surface area contributed by atoms with Crippen LogP contribution in [0.3, 0.4) is 0 Å². The van der Waals surface area contributed by atoms with Gasteiger partial charge in [0.2, 0.25) is 11.8 Å². The van der Waals surface area contributed by atoms with Crippen LogP contribution in [-0.4, -0.2) is 38.1 Å². The van der Waals surface area contributed by atoms with E-state index >= 15 is 0 Å². The van der Waals surface area contributed by atoms with Crippen LogP contribution in [0.2, 0.25) is 10.0 Å². The van der Waals surface area contributed by atoms with E-state index < -0.39 is 5.41 Å². The largest absolute Gasteiger partial charge is 0.381 e. The molecule has 3 rings (SSSR count). The Kier molecular flexibility index (Phi) is 7.01. The minimum atomic E-state index is -0.727. The average molecular weight is 413 g/mol. The first-order valence-electron chi connectivity index (χ1n) is 9.62. The lowest BCUT2D eigenvalue weighted by Crippen LogP contribution is -2.49. The summed E-state index contributed by atoms with van der Waals surface area (Å²) < 4.78 is 5.47. The van der Waals surface area contributed by atoms with Gasteiger partial charge in [-0.1, -0.05) is 42.1 Å². The predicted octanol–water partition coefficient (Wildman–Crippen LogP) is 3.46. The zero-order chi connectivity index (χ0) is 19.3. The highest BCUT2D eigenvalue weighted by Gasteiger charge is 2.42. The Morgan fingerprint density at radius 3 is 2.41 bits per heavy atom. The van der Waals surface area contributed by atoms with Crippen molar-refractivity contribution >= 4 is 35.0 Å². The first kappa shape index (κ1) is 20.4. The summed E-state index contributed by atoms with van der Waals surface area (Å²) in [6, 6.07) is 5.26. The molecule has 2 N–H and O–H groups in total. The minimum absolute atomic E-state index is 0.0786. The molecule has 0 atom stereocenters. The molecular formula is C20H26Cl2N2O3. The minimum Gasteiger partial charge on any atom is -0.381 e. The number of nitrogens with one attached hydrogen (secondary N) is 2. The fourth-order valence-electron chi connectivity index (χ4n) is 4.08. The van der Waals surface area contributed by atoms with E-state index in [2.05, 4.69) is 10.6 Å². The highest BCUT2D eigenvalue weighted by atomic mass is 35.5. The lowest BCUT2D eigenvalue weighted by molar-refractivity contribution is -0.131. The molecule has 1 heterocycles. The summed E-state index contributed by atoms with van der Waals surface area (Å²) in [5.74, 6) is 0.156. The van der Waals surface area contributed by atoms with E-state index in [1.54, 1.807) is 12.1 Å². The Balaban J connectivity index is 1.61. The van der Waals surface area contributed by atoms with Crippen molar-refractivity contribution in [3.8, 4) is 0 Å². The molecule has 0 aromatic heterocycles. The number of carbonyl (C=O) groups excluding carboxylic acids is 2. The molecule has 2 aliphatic rings. The molecule has 2 amide bonds. The van der Waals surface area contributed by atoms with Crippen LogP contribution in [0.1, 0.15) is 44.1 Å². The van der Waals surface area contributed by atoms with Gasteiger partial charge in [-0.05, 0) is 43.4 Å². The zero-order valence-corrected chi connectivity index (χ0v) is 16.9. The summed E-state index contributed by atoms with van der Waals surface area (Å²) in [5, 5.41) is 6.95. The molecule has 2 fully saturated rings. The molecule has 1 saturated heterocycles. The number of hydrogen-bond donors (Lipinski definition) is 2. The normalized spacial score (nSPS) is 19.6. The van der Waals surface area contributed by atoms with Crippen LogP contribution in [0.15, 0.2) is 18.2 Å². The van der Waals surface area contributed by atoms with Crippen molar-refractivity contribution in [2.75, 3.05) is 26.3 Å². The number of halogens is 2. The molecule has 1 aromatic carbocycles. The molecule has 1 aliphatic carbocycles. The van der Waals surface area contributed by atoms with Gasteiger partial charge >= 0.3 is 0 Å². The van der Waals surface area contributed by atoms with Gasteiger partial charge < -0.3 is 15.4 Å². The van der Waals surface area contributed by atoms with Crippen molar-refractivity contribution in [2.45, 2.75) is 43.9 Å². The van der Waals surface area contributed by atoms with E-state index in [1.807, 2.05) is 6.07 Å². The first-order chi connectivity index (χ1) is 13.0. The maximum Gasteiger partial charge on any atom is 0.230 e. The summed E-state index contributed by atoms with van der Waals surface area (Å²) in [4.78, 5) is 25.2. The number of benzene rings is 1. The van der Waals surface area contributed by atoms with Crippen LogP contribution >= 0.6 is 23.2 Å². The Hall–Kier alpha value is -1.30. The summed E-state index contributed by atoms with van der Waals surface area (Å²) in [7, 11) is 0. The fraction of sp³-hybridized carbons (Fsp3) is 0.600. The second kappa shape index (κ2) is 9.26. The van der Waals surface area contributed by atoms with E-state index in [0.717, 1.165) is 31.2 Å². The van der Waals surface area contributed by atoms with Crippen molar-refractivity contribution < 1.29 is 14.3 Å². The molecule has 148 valence electrons. The van der Waals surface area contributed by atoms with Crippen molar-refractivity contribution in [1.82, 2.24) is 10.6 Å². The maximum atomic E-state index is 13.1. The summed E-state index contributed by atoms with van der Waals surface area (Å²) in [6.45, 7) is 1.84. The van der Waals surface area contributed by atoms with Crippen molar-refractivity contribution in [3.05, 3.63) is 33.8 Å². The Morgan fingerprint density at radius 2 is 1.74 bits per heavy atom. The van der Waals surface area contributed by atoms with Crippen LogP contribution in [0.5, 0.6) is 0 Å². The Morgan fingerprint density at radius 1 is 1.07 bits per heavy atom. The first-order valence-corrected chi connectivity index (χ1v) is 10.4. The molecular weight excluding hydrogens is 387 g/mol. The molecule has 1 aromatic rings. The van der Waals surface area contributed by atoms with Crippen LogP contribution in [0.4, 0.5) is 0 Å². The van der Waals surface area contributed by atoms with Gasteiger partial charge in [0.05, 0.1) is 5.41 Å². The van der Waals surface area contributed by atoms with Gasteiger partial charge in [-0.25, -0.2) is 0 Å². The van der Waals surface area contributed by atoms with Gasteiger partial charge in [0.25, 0.3) is 0 Å². The average Bonchev–Trinajstić information content (AvgIpc) is 3.20. The maximum absolute atomic E-state index is 13.1. The molecule has 5 nitrogen and oxygen atoms in total. The number of hydrogen-bond acceptors (Lipinski definition) is 3. The number of rotatable bonds is 6. The third kappa shape index (κ3) is 4.76. The zero-order valence-electron chi connectivity index (χ0n) is 15.4. The SMILES string of the molecule is O=C(NCCNC(=O)C1(c2ccc(Cl)cc2Cl)CCOCC1)C1CCCC1. The Labute approximate surface area is 170 Å². The second-order valence-electron chi connectivity index (χ2n) is 7.35. The second-order valence-corrected chi connectivity index (χ2v) is 8.19. The molecule has 27 heavy (non-hydrogen) atoms. The number of amides is 2. The topological polar surface area (TPSA) is 67.4 Å². The third-order valence-electron chi connectivity index (χ3n) is 5.66. The smallest absolute Gasteiger partial charge is 0.230 e. The predicted molar refractivity (Wildman–Crippen MR) is 106 cm³/mol. The van der Waals surface area contributed by atoms with Crippen LogP contribution < -0.4 is 10.6 Å². The molecule has 1 aliphatic heterocycles. The van der Waals surface area contributed by atoms with Crippen LogP contribution in [-0.2, 0) is 19.7 Å². The molecule has 0 radical (unpaired) electrons. The van der Waals surface area contributed by atoms with Crippen LogP contribution in [0.25, 0.3) is 0 Å². The lowest BCUT2D eigenvalue weighted by atomic mass is 9.73. The highest BCUT2D eigenvalue weighted by Crippen LogP contribution is 2.39. The lowest BCUT2D eigenvalue weighted by Gasteiger charge is -2.37. The molecule has 0 spiro atoms. The van der Waals surface area contributed by atoms with Crippen molar-refractivity contribution in [2.24, 2.45) is 5.92 Å². The van der Waals surface area contributed by atoms with E-state index in [4.69, 9.17) is 27.9 Å². The van der Waals surface area contributed by atoms with E-state index in [-0.39, 0.29) is 17.7 Å². The number of carbonyl (C=O) groups is 2. The van der Waals surface area contributed by atoms with Crippen molar-refractivity contribution in [3.63, 3.8) is 0 Å². The Bertz CT molecular complexity index is 684. The molecule has 7 heteroatoms. The summed E-state index contributed by atoms with van der Waals surface area (Å²) in [5.41, 5.74) is 0.0550. The van der Waals surface area contributed by atoms with E-state index in [1.165, 1.54) is 0 Å². The number of ether oxygens (including phenoxy) is 1. The van der Waals surface area contributed by atoms with Gasteiger partial charge in [0, 0.05) is 42.3 Å². The van der Waals surface area contributed by atoms with Gasteiger partial charge in [-0.2, -0.15) is 0 Å². The molecule has 0 unspecified atom stereocenters. The molecule has 1 saturated carbocycles. The summed E-state index contributed by atoms with van der Waals surface area (Å²) in [6.07, 6.45) is 5.32. The van der Waals surface area contributed by atoms with Gasteiger partial charge in [-0.15, -0.1) is 0 Å². The van der Waals surface area contributed by atoms with Gasteiger partial charge in [0.15, 0.2) is 0 Å². The summed E-state index contributed by atoms with van der Waals surface area (Å²) >= 11 is 12.4. The van der Waals surface area contributed by atoms with Crippen LogP contribution in [0, 0.1) is 5.92 Å². The van der Waals surface area contributed by atoms with Gasteiger partial charge in [0.1, 0.15) is 0 Å². The molecule has 0 bridgehead atoms. The monoisotopic (exact) mass is 412 g/mol. The van der Waals surface area contributed by atoms with E-state index in [0.29, 0.717) is 49.2 Å². The van der Waals surface area contributed by atoms with Gasteiger partial charge in [-0.3, -0.25) is 9.59 Å². The third-order valence-corrected chi connectivity index (χ3v) is 6.21.